The molecule has 0 unspecified atom stereocenters. The molecule has 1 aromatic heterocycles. The highest BCUT2D eigenvalue weighted by Gasteiger charge is 1.96. The van der Waals surface area contributed by atoms with Crippen LogP contribution in [0.15, 0.2) is 24.9 Å². The Kier molecular flexibility index (Phi) is 3.92. The summed E-state index contributed by atoms with van der Waals surface area (Å²) < 4.78 is 0. The average molecular weight is 178 g/mol. The lowest BCUT2D eigenvalue weighted by atomic mass is 10.4. The largest absolute Gasteiger partial charge is 0.367 e. The molecule has 3 N–H and O–H groups in total. The molecule has 4 nitrogen and oxygen atoms in total. The summed E-state index contributed by atoms with van der Waals surface area (Å²) in [6.45, 7) is 4.89. The summed E-state index contributed by atoms with van der Waals surface area (Å²) in [5.74, 6) is 1.59. The quantitative estimate of drug-likeness (QED) is 0.647. The minimum absolute atomic E-state index is 0.574. The first-order valence-electron chi connectivity index (χ1n) is 4.23. The molecule has 13 heavy (non-hydrogen) atoms. The van der Waals surface area contributed by atoms with E-state index in [9.17, 15) is 0 Å². The lowest BCUT2D eigenvalue weighted by Gasteiger charge is -2.03. The van der Waals surface area contributed by atoms with Gasteiger partial charge >= 0.3 is 0 Å². The van der Waals surface area contributed by atoms with Crippen LogP contribution in [0, 0.1) is 0 Å². The van der Waals surface area contributed by atoms with Crippen LogP contribution in [0.25, 0.3) is 0 Å². The van der Waals surface area contributed by atoms with E-state index in [1.807, 2.05) is 6.07 Å². The van der Waals surface area contributed by atoms with Crippen molar-refractivity contribution in [2.75, 3.05) is 18.4 Å². The molecule has 0 fully saturated rings. The summed E-state index contributed by atoms with van der Waals surface area (Å²) in [7, 11) is 0. The molecule has 0 amide bonds. The molecule has 0 aliphatic carbocycles. The SMILES string of the molecule is C=CCNc1ccnc(CCN)n1. The van der Waals surface area contributed by atoms with Crippen molar-refractivity contribution < 1.29 is 0 Å². The van der Waals surface area contributed by atoms with Crippen LogP contribution in [-0.4, -0.2) is 23.1 Å². The van der Waals surface area contributed by atoms with Crippen LogP contribution in [0.5, 0.6) is 0 Å². The summed E-state index contributed by atoms with van der Waals surface area (Å²) in [6, 6.07) is 1.82. The van der Waals surface area contributed by atoms with Crippen LogP contribution >= 0.6 is 0 Å². The van der Waals surface area contributed by atoms with Gasteiger partial charge in [-0.05, 0) is 12.6 Å². The molecule has 1 heterocycles. The Bertz CT molecular complexity index is 272. The standard InChI is InChI=1S/C9H14N4/c1-2-6-11-9-4-7-12-8(13-9)3-5-10/h2,4,7H,1,3,5-6,10H2,(H,11,12,13). The second kappa shape index (κ2) is 5.27. The second-order valence-electron chi connectivity index (χ2n) is 2.57. The van der Waals surface area contributed by atoms with Crippen molar-refractivity contribution in [3.8, 4) is 0 Å². The average Bonchev–Trinajstić information content (AvgIpc) is 2.16. The Morgan fingerprint density at radius 1 is 1.62 bits per heavy atom. The molecule has 0 saturated heterocycles. The van der Waals surface area contributed by atoms with Crippen molar-refractivity contribution in [1.29, 1.82) is 0 Å². The fourth-order valence-electron chi connectivity index (χ4n) is 0.924. The van der Waals surface area contributed by atoms with Gasteiger partial charge in [-0.15, -0.1) is 6.58 Å². The van der Waals surface area contributed by atoms with Crippen molar-refractivity contribution in [3.63, 3.8) is 0 Å². The van der Waals surface area contributed by atoms with Gasteiger partial charge in [0.25, 0.3) is 0 Å². The Labute approximate surface area is 77.9 Å². The highest BCUT2D eigenvalue weighted by molar-refractivity contribution is 5.33. The van der Waals surface area contributed by atoms with E-state index in [0.29, 0.717) is 19.5 Å². The van der Waals surface area contributed by atoms with Gasteiger partial charge in [-0.2, -0.15) is 0 Å². The van der Waals surface area contributed by atoms with E-state index >= 15 is 0 Å². The molecule has 0 aliphatic heterocycles. The number of hydrogen-bond donors (Lipinski definition) is 2. The van der Waals surface area contributed by atoms with Crippen molar-refractivity contribution in [2.24, 2.45) is 5.73 Å². The third kappa shape index (κ3) is 3.21. The Morgan fingerprint density at radius 2 is 2.46 bits per heavy atom. The van der Waals surface area contributed by atoms with Crippen LogP contribution < -0.4 is 11.1 Å². The normalized spacial score (nSPS) is 9.62. The molecule has 1 rings (SSSR count). The van der Waals surface area contributed by atoms with Gasteiger partial charge in [0.15, 0.2) is 0 Å². The zero-order valence-corrected chi connectivity index (χ0v) is 7.53. The van der Waals surface area contributed by atoms with Crippen molar-refractivity contribution in [2.45, 2.75) is 6.42 Å². The summed E-state index contributed by atoms with van der Waals surface area (Å²) in [6.07, 6.45) is 4.22. The maximum atomic E-state index is 5.39. The van der Waals surface area contributed by atoms with E-state index in [-0.39, 0.29) is 0 Å². The molecule has 1 aromatic rings. The first kappa shape index (κ1) is 9.67. The van der Waals surface area contributed by atoms with Crippen LogP contribution in [0.1, 0.15) is 5.82 Å². The Balaban J connectivity index is 2.61. The third-order valence-corrected chi connectivity index (χ3v) is 1.50. The van der Waals surface area contributed by atoms with Crippen LogP contribution in [0.2, 0.25) is 0 Å². The van der Waals surface area contributed by atoms with Gasteiger partial charge < -0.3 is 11.1 Å². The monoisotopic (exact) mass is 178 g/mol. The molecule has 0 atom stereocenters. The predicted molar refractivity (Wildman–Crippen MR) is 53.5 cm³/mol. The van der Waals surface area contributed by atoms with Crippen LogP contribution in [0.4, 0.5) is 5.82 Å². The van der Waals surface area contributed by atoms with Crippen LogP contribution in [-0.2, 0) is 6.42 Å². The maximum absolute atomic E-state index is 5.39. The molecule has 0 saturated carbocycles. The number of nitrogens with two attached hydrogens (primary N) is 1. The predicted octanol–water partition coefficient (Wildman–Crippen LogP) is 0.576. The van der Waals surface area contributed by atoms with E-state index in [1.165, 1.54) is 0 Å². The molecule has 0 radical (unpaired) electrons. The van der Waals surface area contributed by atoms with E-state index in [4.69, 9.17) is 5.73 Å². The molecule has 0 aromatic carbocycles. The lowest BCUT2D eigenvalue weighted by molar-refractivity contribution is 0.868. The molecular weight excluding hydrogens is 164 g/mol. The van der Waals surface area contributed by atoms with Gasteiger partial charge in [-0.1, -0.05) is 6.08 Å². The van der Waals surface area contributed by atoms with Crippen molar-refractivity contribution in [3.05, 3.63) is 30.7 Å². The van der Waals surface area contributed by atoms with E-state index < -0.39 is 0 Å². The second-order valence-corrected chi connectivity index (χ2v) is 2.57. The Hall–Kier alpha value is -1.42. The van der Waals surface area contributed by atoms with Gasteiger partial charge in [-0.25, -0.2) is 9.97 Å². The summed E-state index contributed by atoms with van der Waals surface area (Å²) in [4.78, 5) is 8.33. The Morgan fingerprint density at radius 3 is 3.15 bits per heavy atom. The molecule has 0 spiro atoms. The van der Waals surface area contributed by atoms with Crippen molar-refractivity contribution >= 4 is 5.82 Å². The molecule has 4 heteroatoms. The summed E-state index contributed by atoms with van der Waals surface area (Å²) >= 11 is 0. The zero-order chi connectivity index (χ0) is 9.52. The van der Waals surface area contributed by atoms with E-state index in [1.54, 1.807) is 12.3 Å². The first-order chi connectivity index (χ1) is 6.36. The van der Waals surface area contributed by atoms with Crippen molar-refractivity contribution in [1.82, 2.24) is 9.97 Å². The van der Waals surface area contributed by atoms with Gasteiger partial charge in [0.2, 0.25) is 0 Å². The fourth-order valence-corrected chi connectivity index (χ4v) is 0.924. The minimum Gasteiger partial charge on any atom is -0.367 e. The fraction of sp³-hybridized carbons (Fsp3) is 0.333. The number of hydrogen-bond acceptors (Lipinski definition) is 4. The highest BCUT2D eigenvalue weighted by atomic mass is 15.0. The van der Waals surface area contributed by atoms with E-state index in [2.05, 4.69) is 21.9 Å². The molecule has 0 bridgehead atoms. The number of nitrogens with zero attached hydrogens (tertiary/aromatic N) is 2. The van der Waals surface area contributed by atoms with Gasteiger partial charge in [0.05, 0.1) is 0 Å². The number of anilines is 1. The minimum atomic E-state index is 0.574. The van der Waals surface area contributed by atoms with Gasteiger partial charge in [-0.3, -0.25) is 0 Å². The van der Waals surface area contributed by atoms with E-state index in [0.717, 1.165) is 11.6 Å². The smallest absolute Gasteiger partial charge is 0.131 e. The number of aromatic nitrogens is 2. The topological polar surface area (TPSA) is 63.8 Å². The number of rotatable bonds is 5. The van der Waals surface area contributed by atoms with Gasteiger partial charge in [0.1, 0.15) is 11.6 Å². The third-order valence-electron chi connectivity index (χ3n) is 1.50. The maximum Gasteiger partial charge on any atom is 0.131 e. The van der Waals surface area contributed by atoms with Crippen LogP contribution in [0.3, 0.4) is 0 Å². The summed E-state index contributed by atoms with van der Waals surface area (Å²) in [5, 5.41) is 3.08. The zero-order valence-electron chi connectivity index (χ0n) is 7.53. The van der Waals surface area contributed by atoms with Gasteiger partial charge in [0, 0.05) is 19.2 Å². The first-order valence-corrected chi connectivity index (χ1v) is 4.23. The summed E-state index contributed by atoms with van der Waals surface area (Å²) in [5.41, 5.74) is 5.39. The number of nitrogens with one attached hydrogen (secondary N) is 1. The molecule has 70 valence electrons. The molecule has 0 aliphatic rings. The lowest BCUT2D eigenvalue weighted by Crippen LogP contribution is -2.08. The molecular formula is C9H14N4. The highest BCUT2D eigenvalue weighted by Crippen LogP contribution is 2.01.